The number of pyridine rings is 1. The van der Waals surface area contributed by atoms with Gasteiger partial charge in [-0.2, -0.15) is 0 Å². The van der Waals surface area contributed by atoms with E-state index in [1.165, 1.54) is 0 Å². The van der Waals surface area contributed by atoms with Crippen LogP contribution in [0.5, 0.6) is 0 Å². The monoisotopic (exact) mass is 405 g/mol. The number of nitrogens with one attached hydrogen (secondary N) is 3. The van der Waals surface area contributed by atoms with Crippen molar-refractivity contribution in [3.8, 4) is 0 Å². The van der Waals surface area contributed by atoms with Crippen LogP contribution in [0.2, 0.25) is 0 Å². The van der Waals surface area contributed by atoms with Crippen molar-refractivity contribution in [2.45, 2.75) is 25.4 Å². The zero-order chi connectivity index (χ0) is 20.2. The van der Waals surface area contributed by atoms with Crippen LogP contribution in [0, 0.1) is 6.92 Å². The van der Waals surface area contributed by atoms with Crippen molar-refractivity contribution in [2.24, 2.45) is 0 Å². The van der Waals surface area contributed by atoms with Crippen LogP contribution in [0.15, 0.2) is 67.0 Å². The van der Waals surface area contributed by atoms with Crippen LogP contribution in [0.25, 0.3) is 0 Å². The highest BCUT2D eigenvalue weighted by molar-refractivity contribution is 7.80. The molecule has 0 saturated carbocycles. The lowest BCUT2D eigenvalue weighted by Crippen LogP contribution is -2.32. The third-order valence-electron chi connectivity index (χ3n) is 5.14. The number of aryl methyl sites for hydroxylation is 1. The molecule has 6 nitrogen and oxygen atoms in total. The fourth-order valence-electron chi connectivity index (χ4n) is 3.66. The molecule has 0 bridgehead atoms. The lowest BCUT2D eigenvalue weighted by atomic mass is 10.0. The highest BCUT2D eigenvalue weighted by atomic mass is 32.1. The van der Waals surface area contributed by atoms with Crippen LogP contribution in [0.4, 0.5) is 5.69 Å². The van der Waals surface area contributed by atoms with Crippen LogP contribution >= 0.6 is 12.2 Å². The standard InChI is InChI=1S/C22H23N5OS/c1-15-7-2-3-8-16(15)25-19(28)11-14-27-21(18-10-6-13-24-18)20(26-22(27)29)17-9-4-5-12-23-17/h2-10,12-13,20-21,24H,11,14H2,1H3,(H,25,28)(H,26,29)/t20-,21+/m1/s1. The van der Waals surface area contributed by atoms with Crippen LogP contribution in [0.3, 0.4) is 0 Å². The average Bonchev–Trinajstić information content (AvgIpc) is 3.36. The number of carbonyl (C=O) groups excluding carboxylic acids is 1. The van der Waals surface area contributed by atoms with Gasteiger partial charge in [-0.3, -0.25) is 9.78 Å². The van der Waals surface area contributed by atoms with E-state index >= 15 is 0 Å². The second-order valence-electron chi connectivity index (χ2n) is 7.06. The molecule has 2 aromatic heterocycles. The molecule has 3 N–H and O–H groups in total. The van der Waals surface area contributed by atoms with Gasteiger partial charge in [0.2, 0.25) is 5.91 Å². The summed E-state index contributed by atoms with van der Waals surface area (Å²) in [5.74, 6) is -0.0337. The number of H-pyrrole nitrogens is 1. The van der Waals surface area contributed by atoms with Crippen LogP contribution in [-0.4, -0.2) is 32.4 Å². The summed E-state index contributed by atoms with van der Waals surface area (Å²) in [7, 11) is 0. The van der Waals surface area contributed by atoms with Gasteiger partial charge in [-0.05, 0) is 55.0 Å². The maximum atomic E-state index is 12.6. The molecule has 29 heavy (non-hydrogen) atoms. The van der Waals surface area contributed by atoms with Crippen molar-refractivity contribution in [1.29, 1.82) is 0 Å². The molecule has 4 rings (SSSR count). The number of amides is 1. The summed E-state index contributed by atoms with van der Waals surface area (Å²) >= 11 is 5.61. The van der Waals surface area contributed by atoms with Gasteiger partial charge in [0.1, 0.15) is 0 Å². The number of aromatic amines is 1. The first kappa shape index (κ1) is 19.1. The Bertz CT molecular complexity index is 989. The summed E-state index contributed by atoms with van der Waals surface area (Å²) < 4.78 is 0. The third-order valence-corrected chi connectivity index (χ3v) is 5.49. The minimum Gasteiger partial charge on any atom is -0.363 e. The maximum absolute atomic E-state index is 12.6. The van der Waals surface area contributed by atoms with Gasteiger partial charge in [0.25, 0.3) is 0 Å². The van der Waals surface area contributed by atoms with Gasteiger partial charge in [-0.15, -0.1) is 0 Å². The molecule has 148 valence electrons. The predicted octanol–water partition coefficient (Wildman–Crippen LogP) is 3.72. The number of benzene rings is 1. The van der Waals surface area contributed by atoms with E-state index in [2.05, 4.69) is 25.5 Å². The predicted molar refractivity (Wildman–Crippen MR) is 117 cm³/mol. The maximum Gasteiger partial charge on any atom is 0.226 e. The summed E-state index contributed by atoms with van der Waals surface area (Å²) in [6.07, 6.45) is 4.02. The molecule has 1 aliphatic heterocycles. The number of nitrogens with zero attached hydrogens (tertiary/aromatic N) is 2. The topological polar surface area (TPSA) is 73.1 Å². The van der Waals surface area contributed by atoms with Crippen molar-refractivity contribution < 1.29 is 4.79 Å². The smallest absolute Gasteiger partial charge is 0.226 e. The SMILES string of the molecule is Cc1ccccc1NC(=O)CCN1C(=S)N[C@H](c2ccccn2)[C@@H]1c1ccc[nH]1. The fourth-order valence-corrected chi connectivity index (χ4v) is 3.99. The molecule has 3 aromatic rings. The Morgan fingerprint density at radius 2 is 2.00 bits per heavy atom. The highest BCUT2D eigenvalue weighted by Gasteiger charge is 2.40. The van der Waals surface area contributed by atoms with E-state index < -0.39 is 0 Å². The molecular formula is C22H23N5OS. The summed E-state index contributed by atoms with van der Waals surface area (Å²) in [5, 5.41) is 7.01. The first-order chi connectivity index (χ1) is 14.1. The number of thiocarbonyl (C=S) groups is 1. The Labute approximate surface area is 175 Å². The Kier molecular flexibility index (Phi) is 5.57. The van der Waals surface area contributed by atoms with E-state index in [9.17, 15) is 4.79 Å². The molecule has 0 aliphatic carbocycles. The van der Waals surface area contributed by atoms with E-state index in [1.807, 2.05) is 67.7 Å². The Balaban J connectivity index is 1.50. The van der Waals surface area contributed by atoms with Gasteiger partial charge < -0.3 is 20.5 Å². The van der Waals surface area contributed by atoms with Crippen LogP contribution in [-0.2, 0) is 4.79 Å². The molecule has 1 amide bonds. The second kappa shape index (κ2) is 8.45. The molecule has 2 atom stereocenters. The van der Waals surface area contributed by atoms with E-state index in [0.717, 1.165) is 22.6 Å². The number of carbonyl (C=O) groups is 1. The van der Waals surface area contributed by atoms with Crippen LogP contribution < -0.4 is 10.6 Å². The van der Waals surface area contributed by atoms with E-state index in [4.69, 9.17) is 12.2 Å². The molecule has 1 aliphatic rings. The molecule has 0 radical (unpaired) electrons. The van der Waals surface area contributed by atoms with Gasteiger partial charge in [0.15, 0.2) is 5.11 Å². The first-order valence-electron chi connectivity index (χ1n) is 9.60. The van der Waals surface area contributed by atoms with Crippen LogP contribution in [0.1, 0.15) is 35.5 Å². The van der Waals surface area contributed by atoms with Crippen molar-refractivity contribution in [3.63, 3.8) is 0 Å². The Morgan fingerprint density at radius 1 is 1.17 bits per heavy atom. The number of rotatable bonds is 6. The first-order valence-corrected chi connectivity index (χ1v) is 10.0. The largest absolute Gasteiger partial charge is 0.363 e. The number of hydrogen-bond donors (Lipinski definition) is 3. The van der Waals surface area contributed by atoms with Crippen molar-refractivity contribution in [1.82, 2.24) is 20.2 Å². The molecule has 0 spiro atoms. The summed E-state index contributed by atoms with van der Waals surface area (Å²) in [5.41, 5.74) is 3.83. The normalized spacial score (nSPS) is 18.5. The van der Waals surface area contributed by atoms with Gasteiger partial charge in [0.05, 0.1) is 17.8 Å². The number of anilines is 1. The lowest BCUT2D eigenvalue weighted by Gasteiger charge is -2.26. The quantitative estimate of drug-likeness (QED) is 0.545. The van der Waals surface area contributed by atoms with Crippen molar-refractivity contribution >= 4 is 28.9 Å². The molecule has 3 heterocycles. The molecular weight excluding hydrogens is 382 g/mol. The van der Waals surface area contributed by atoms with E-state index in [-0.39, 0.29) is 18.0 Å². The second-order valence-corrected chi connectivity index (χ2v) is 7.45. The summed E-state index contributed by atoms with van der Waals surface area (Å²) in [6.45, 7) is 2.49. The van der Waals surface area contributed by atoms with Gasteiger partial charge in [0, 0.05) is 36.7 Å². The minimum absolute atomic E-state index is 0.0337. The van der Waals surface area contributed by atoms with E-state index in [0.29, 0.717) is 18.1 Å². The molecule has 7 heteroatoms. The molecule has 0 unspecified atom stereocenters. The molecule has 1 aromatic carbocycles. The number of hydrogen-bond acceptors (Lipinski definition) is 3. The molecule has 1 fully saturated rings. The minimum atomic E-state index is -0.0817. The Hall–Kier alpha value is -3.19. The van der Waals surface area contributed by atoms with E-state index in [1.54, 1.807) is 6.20 Å². The lowest BCUT2D eigenvalue weighted by molar-refractivity contribution is -0.116. The zero-order valence-electron chi connectivity index (χ0n) is 16.1. The molecule has 1 saturated heterocycles. The number of aromatic nitrogens is 2. The summed E-state index contributed by atoms with van der Waals surface area (Å²) in [6, 6.07) is 17.5. The van der Waals surface area contributed by atoms with Gasteiger partial charge in [-0.1, -0.05) is 24.3 Å². The Morgan fingerprint density at radius 3 is 2.72 bits per heavy atom. The third kappa shape index (κ3) is 4.14. The van der Waals surface area contributed by atoms with Crippen molar-refractivity contribution in [3.05, 3.63) is 83.9 Å². The average molecular weight is 406 g/mol. The van der Waals surface area contributed by atoms with Crippen molar-refractivity contribution in [2.75, 3.05) is 11.9 Å². The summed E-state index contributed by atoms with van der Waals surface area (Å²) in [4.78, 5) is 22.4. The fraction of sp³-hybridized carbons (Fsp3) is 0.227. The highest BCUT2D eigenvalue weighted by Crippen LogP contribution is 2.37. The zero-order valence-corrected chi connectivity index (χ0v) is 16.9. The van der Waals surface area contributed by atoms with Gasteiger partial charge in [-0.25, -0.2) is 0 Å². The number of para-hydroxylation sites is 1. The van der Waals surface area contributed by atoms with Gasteiger partial charge >= 0.3 is 0 Å².